The topological polar surface area (TPSA) is 63.1 Å². The molecule has 0 spiro atoms. The van der Waals surface area contributed by atoms with E-state index in [-0.39, 0.29) is 6.04 Å². The van der Waals surface area contributed by atoms with Gasteiger partial charge in [0.05, 0.1) is 18.6 Å². The van der Waals surface area contributed by atoms with Gasteiger partial charge >= 0.3 is 0 Å². The van der Waals surface area contributed by atoms with Gasteiger partial charge in [0.1, 0.15) is 23.3 Å². The summed E-state index contributed by atoms with van der Waals surface area (Å²) in [5.41, 5.74) is 3.26. The fourth-order valence-electron chi connectivity index (χ4n) is 3.00. The molecule has 0 amide bonds. The molecule has 1 aliphatic rings. The number of hydrogen-bond acceptors (Lipinski definition) is 4. The van der Waals surface area contributed by atoms with Crippen molar-refractivity contribution in [3.63, 3.8) is 0 Å². The van der Waals surface area contributed by atoms with Crippen molar-refractivity contribution in [1.82, 2.24) is 15.3 Å². The number of nitrogens with one attached hydrogen (secondary N) is 2. The molecule has 1 atom stereocenters. The van der Waals surface area contributed by atoms with Crippen molar-refractivity contribution in [2.24, 2.45) is 0 Å². The van der Waals surface area contributed by atoms with Crippen LogP contribution in [0.15, 0.2) is 47.1 Å². The SMILES string of the molecule is CCOc1ccc(-c2ccc([C@@H]3NCCc4[nH]cnc43)o2)cc1. The molecule has 1 aromatic carbocycles. The number of nitrogens with zero attached hydrogens (tertiary/aromatic N) is 1. The van der Waals surface area contributed by atoms with Crippen LogP contribution < -0.4 is 10.1 Å². The second-order valence-electron chi connectivity index (χ2n) is 5.56. The quantitative estimate of drug-likeness (QED) is 0.776. The van der Waals surface area contributed by atoms with E-state index in [2.05, 4.69) is 15.3 Å². The molecule has 5 nitrogen and oxygen atoms in total. The first kappa shape index (κ1) is 14.1. The third-order valence-corrected chi connectivity index (χ3v) is 4.11. The highest BCUT2D eigenvalue weighted by molar-refractivity contribution is 5.59. The average molecular weight is 309 g/mol. The number of fused-ring (bicyclic) bond motifs is 1. The Hall–Kier alpha value is -2.53. The van der Waals surface area contributed by atoms with E-state index < -0.39 is 0 Å². The van der Waals surface area contributed by atoms with Crippen LogP contribution in [0.3, 0.4) is 0 Å². The van der Waals surface area contributed by atoms with E-state index in [1.54, 1.807) is 6.33 Å². The van der Waals surface area contributed by atoms with Gasteiger partial charge in [-0.1, -0.05) is 0 Å². The highest BCUT2D eigenvalue weighted by Gasteiger charge is 2.26. The van der Waals surface area contributed by atoms with Crippen molar-refractivity contribution in [2.45, 2.75) is 19.4 Å². The molecule has 0 radical (unpaired) electrons. The molecule has 2 aromatic heterocycles. The Morgan fingerprint density at radius 3 is 2.91 bits per heavy atom. The molecule has 0 unspecified atom stereocenters. The van der Waals surface area contributed by atoms with Crippen LogP contribution >= 0.6 is 0 Å². The molecule has 5 heteroatoms. The third kappa shape index (κ3) is 2.64. The molecule has 0 fully saturated rings. The second-order valence-corrected chi connectivity index (χ2v) is 5.56. The van der Waals surface area contributed by atoms with Gasteiger partial charge in [0.25, 0.3) is 0 Å². The number of hydrogen-bond donors (Lipinski definition) is 2. The molecule has 3 heterocycles. The van der Waals surface area contributed by atoms with Crippen molar-refractivity contribution in [1.29, 1.82) is 0 Å². The monoisotopic (exact) mass is 309 g/mol. The van der Waals surface area contributed by atoms with E-state index in [9.17, 15) is 0 Å². The molecule has 4 rings (SSSR count). The fraction of sp³-hybridized carbons (Fsp3) is 0.278. The summed E-state index contributed by atoms with van der Waals surface area (Å²) in [6.07, 6.45) is 2.72. The molecule has 0 saturated heterocycles. The summed E-state index contributed by atoms with van der Waals surface area (Å²) in [6.45, 7) is 3.57. The van der Waals surface area contributed by atoms with Gasteiger partial charge in [0.2, 0.25) is 0 Å². The summed E-state index contributed by atoms with van der Waals surface area (Å²) in [6, 6.07) is 12.0. The van der Waals surface area contributed by atoms with Crippen molar-refractivity contribution < 1.29 is 9.15 Å². The minimum atomic E-state index is 0.0152. The van der Waals surface area contributed by atoms with Gasteiger partial charge in [-0.2, -0.15) is 0 Å². The fourth-order valence-corrected chi connectivity index (χ4v) is 3.00. The summed E-state index contributed by atoms with van der Waals surface area (Å²) < 4.78 is 11.6. The Labute approximate surface area is 134 Å². The first-order valence-corrected chi connectivity index (χ1v) is 7.93. The Morgan fingerprint density at radius 1 is 1.22 bits per heavy atom. The maximum atomic E-state index is 6.08. The third-order valence-electron chi connectivity index (χ3n) is 4.11. The molecule has 3 aromatic rings. The maximum absolute atomic E-state index is 6.08. The number of imidazole rings is 1. The van der Waals surface area contributed by atoms with Gasteiger partial charge in [-0.15, -0.1) is 0 Å². The van der Waals surface area contributed by atoms with E-state index in [0.29, 0.717) is 6.61 Å². The minimum Gasteiger partial charge on any atom is -0.494 e. The summed E-state index contributed by atoms with van der Waals surface area (Å²) in [7, 11) is 0. The summed E-state index contributed by atoms with van der Waals surface area (Å²) in [5, 5.41) is 3.47. The van der Waals surface area contributed by atoms with Crippen molar-refractivity contribution >= 4 is 0 Å². The van der Waals surface area contributed by atoms with Crippen LogP contribution in [0.25, 0.3) is 11.3 Å². The minimum absolute atomic E-state index is 0.0152. The molecular formula is C18H19N3O2. The number of ether oxygens (including phenoxy) is 1. The zero-order valence-electron chi connectivity index (χ0n) is 13.0. The van der Waals surface area contributed by atoms with E-state index in [1.807, 2.05) is 43.3 Å². The van der Waals surface area contributed by atoms with Gasteiger partial charge in [0.15, 0.2) is 0 Å². The van der Waals surface area contributed by atoms with Crippen LogP contribution in [-0.2, 0) is 6.42 Å². The first-order valence-electron chi connectivity index (χ1n) is 7.93. The maximum Gasteiger partial charge on any atom is 0.134 e. The van der Waals surface area contributed by atoms with Crippen LogP contribution in [0, 0.1) is 0 Å². The van der Waals surface area contributed by atoms with E-state index in [0.717, 1.165) is 41.5 Å². The normalized spacial score (nSPS) is 17.0. The molecule has 0 bridgehead atoms. The molecule has 0 saturated carbocycles. The Kier molecular flexibility index (Phi) is 3.63. The molecule has 1 aliphatic heterocycles. The van der Waals surface area contributed by atoms with Crippen molar-refractivity contribution in [2.75, 3.05) is 13.2 Å². The van der Waals surface area contributed by atoms with Crippen LogP contribution in [0.1, 0.15) is 30.1 Å². The van der Waals surface area contributed by atoms with Gasteiger partial charge in [-0.05, 0) is 43.3 Å². The van der Waals surface area contributed by atoms with E-state index in [1.165, 1.54) is 5.69 Å². The number of benzene rings is 1. The highest BCUT2D eigenvalue weighted by atomic mass is 16.5. The standard InChI is InChI=1S/C18H19N3O2/c1-2-22-13-5-3-12(4-6-13)15-7-8-16(23-15)18-17-14(9-10-19-18)20-11-21-17/h3-8,11,18-19H,2,9-10H2,1H3,(H,20,21)/t18-/m0/s1. The van der Waals surface area contributed by atoms with E-state index >= 15 is 0 Å². The largest absolute Gasteiger partial charge is 0.494 e. The molecular weight excluding hydrogens is 290 g/mol. The Bertz CT molecular complexity index is 789. The molecule has 2 N–H and O–H groups in total. The summed E-state index contributed by atoms with van der Waals surface area (Å²) in [4.78, 5) is 7.64. The number of aromatic nitrogens is 2. The Morgan fingerprint density at radius 2 is 2.09 bits per heavy atom. The van der Waals surface area contributed by atoms with Crippen molar-refractivity contribution in [3.05, 3.63) is 59.9 Å². The van der Waals surface area contributed by atoms with Crippen LogP contribution in [-0.4, -0.2) is 23.1 Å². The van der Waals surface area contributed by atoms with Crippen molar-refractivity contribution in [3.8, 4) is 17.1 Å². The number of rotatable bonds is 4. The molecule has 118 valence electrons. The van der Waals surface area contributed by atoms with Crippen LogP contribution in [0.4, 0.5) is 0 Å². The highest BCUT2D eigenvalue weighted by Crippen LogP contribution is 2.31. The lowest BCUT2D eigenvalue weighted by Crippen LogP contribution is -2.30. The lowest BCUT2D eigenvalue weighted by atomic mass is 10.0. The zero-order valence-corrected chi connectivity index (χ0v) is 13.0. The second kappa shape index (κ2) is 5.93. The zero-order chi connectivity index (χ0) is 15.6. The van der Waals surface area contributed by atoms with Gasteiger partial charge in [-0.25, -0.2) is 4.98 Å². The lowest BCUT2D eigenvalue weighted by molar-refractivity contribution is 0.340. The lowest BCUT2D eigenvalue weighted by Gasteiger charge is -2.21. The van der Waals surface area contributed by atoms with Gasteiger partial charge < -0.3 is 19.5 Å². The van der Waals surface area contributed by atoms with Gasteiger partial charge in [-0.3, -0.25) is 0 Å². The predicted octanol–water partition coefficient (Wildman–Crippen LogP) is 3.30. The van der Waals surface area contributed by atoms with Crippen LogP contribution in [0.2, 0.25) is 0 Å². The van der Waals surface area contributed by atoms with Gasteiger partial charge in [0, 0.05) is 24.2 Å². The average Bonchev–Trinajstić information content (AvgIpc) is 3.25. The number of H-pyrrole nitrogens is 1. The first-order chi connectivity index (χ1) is 11.3. The van der Waals surface area contributed by atoms with Crippen LogP contribution in [0.5, 0.6) is 5.75 Å². The smallest absolute Gasteiger partial charge is 0.134 e. The summed E-state index contributed by atoms with van der Waals surface area (Å²) in [5.74, 6) is 2.62. The molecule has 0 aliphatic carbocycles. The molecule has 23 heavy (non-hydrogen) atoms. The predicted molar refractivity (Wildman–Crippen MR) is 87.5 cm³/mol. The van der Waals surface area contributed by atoms with E-state index in [4.69, 9.17) is 9.15 Å². The Balaban J connectivity index is 1.60. The number of furan rings is 1. The number of aromatic amines is 1. The summed E-state index contributed by atoms with van der Waals surface area (Å²) >= 11 is 0.